The molecule has 0 aromatic heterocycles. The molecule has 0 radical (unpaired) electrons. The van der Waals surface area contributed by atoms with Crippen LogP contribution in [0.1, 0.15) is 19.8 Å². The van der Waals surface area contributed by atoms with Gasteiger partial charge in [0.05, 0.1) is 13.7 Å². The van der Waals surface area contributed by atoms with E-state index in [0.717, 1.165) is 57.1 Å². The fraction of sp³-hybridized carbons (Fsp3) is 0.588. The molecule has 0 unspecified atom stereocenters. The maximum absolute atomic E-state index is 11.4. The van der Waals surface area contributed by atoms with Gasteiger partial charge in [0, 0.05) is 33.1 Å². The summed E-state index contributed by atoms with van der Waals surface area (Å²) in [4.78, 5) is 15.8. The number of ether oxygens (including phenoxy) is 2. The quantitative estimate of drug-likeness (QED) is 0.754. The first kappa shape index (κ1) is 16.6. The Balaban J connectivity index is 1.64. The van der Waals surface area contributed by atoms with Crippen LogP contribution in [0.4, 0.5) is 0 Å². The molecule has 0 spiro atoms. The summed E-state index contributed by atoms with van der Waals surface area (Å²) in [5, 5.41) is 0. The van der Waals surface area contributed by atoms with E-state index in [0.29, 0.717) is 6.61 Å². The van der Waals surface area contributed by atoms with Gasteiger partial charge in [-0.05, 0) is 43.7 Å². The summed E-state index contributed by atoms with van der Waals surface area (Å²) in [6.07, 6.45) is 2.05. The van der Waals surface area contributed by atoms with Crippen LogP contribution in [-0.2, 0) is 4.79 Å². The van der Waals surface area contributed by atoms with Crippen LogP contribution in [0.3, 0.4) is 0 Å². The van der Waals surface area contributed by atoms with Gasteiger partial charge in [0.25, 0.3) is 0 Å². The molecule has 1 amide bonds. The minimum atomic E-state index is 0.185. The van der Waals surface area contributed by atoms with Crippen LogP contribution >= 0.6 is 0 Å². The molecule has 1 aliphatic rings. The molecule has 1 aromatic rings. The van der Waals surface area contributed by atoms with Crippen molar-refractivity contribution < 1.29 is 14.3 Å². The zero-order valence-electron chi connectivity index (χ0n) is 13.6. The van der Waals surface area contributed by atoms with Gasteiger partial charge in [-0.1, -0.05) is 0 Å². The molecular weight excluding hydrogens is 280 g/mol. The Morgan fingerprint density at radius 2 is 1.82 bits per heavy atom. The fourth-order valence-electron chi connectivity index (χ4n) is 2.66. The Morgan fingerprint density at radius 3 is 2.50 bits per heavy atom. The molecule has 1 aromatic carbocycles. The lowest BCUT2D eigenvalue weighted by Crippen LogP contribution is -2.34. The molecule has 1 heterocycles. The minimum Gasteiger partial charge on any atom is -0.497 e. The number of carbonyl (C=O) groups is 1. The zero-order chi connectivity index (χ0) is 15.8. The smallest absolute Gasteiger partial charge is 0.219 e. The number of amides is 1. The molecule has 0 aliphatic carbocycles. The number of hydrogen-bond donors (Lipinski definition) is 0. The largest absolute Gasteiger partial charge is 0.497 e. The van der Waals surface area contributed by atoms with Gasteiger partial charge < -0.3 is 19.3 Å². The van der Waals surface area contributed by atoms with Crippen molar-refractivity contribution in [3.8, 4) is 11.5 Å². The topological polar surface area (TPSA) is 42.0 Å². The maximum Gasteiger partial charge on any atom is 0.219 e. The first-order valence-corrected chi connectivity index (χ1v) is 7.94. The molecule has 5 nitrogen and oxygen atoms in total. The van der Waals surface area contributed by atoms with Crippen LogP contribution < -0.4 is 9.47 Å². The van der Waals surface area contributed by atoms with Crippen molar-refractivity contribution in [3.63, 3.8) is 0 Å². The predicted octanol–water partition coefficient (Wildman–Crippen LogP) is 2.02. The number of benzene rings is 1. The standard InChI is InChI=1S/C17H26N2O3/c1-15(20)19-11-3-9-18(12-13-19)10-4-14-22-17-7-5-16(21-2)6-8-17/h5-8H,3-4,9-14H2,1-2H3. The Labute approximate surface area is 132 Å². The molecule has 0 N–H and O–H groups in total. The van der Waals surface area contributed by atoms with Crippen LogP contribution in [0.2, 0.25) is 0 Å². The summed E-state index contributed by atoms with van der Waals surface area (Å²) < 4.78 is 10.9. The lowest BCUT2D eigenvalue weighted by atomic mass is 10.3. The second-order valence-corrected chi connectivity index (χ2v) is 5.58. The van der Waals surface area contributed by atoms with Gasteiger partial charge in [0.1, 0.15) is 11.5 Å². The Morgan fingerprint density at radius 1 is 1.09 bits per heavy atom. The van der Waals surface area contributed by atoms with Crippen LogP contribution in [0.5, 0.6) is 11.5 Å². The van der Waals surface area contributed by atoms with Gasteiger partial charge >= 0.3 is 0 Å². The SMILES string of the molecule is COc1ccc(OCCCN2CCCN(C(C)=O)CC2)cc1. The monoisotopic (exact) mass is 306 g/mol. The molecule has 22 heavy (non-hydrogen) atoms. The maximum atomic E-state index is 11.4. The first-order valence-electron chi connectivity index (χ1n) is 7.94. The highest BCUT2D eigenvalue weighted by Gasteiger charge is 2.15. The first-order chi connectivity index (χ1) is 10.7. The lowest BCUT2D eigenvalue weighted by molar-refractivity contribution is -0.128. The summed E-state index contributed by atoms with van der Waals surface area (Å²) in [5.74, 6) is 1.90. The highest BCUT2D eigenvalue weighted by molar-refractivity contribution is 5.73. The third kappa shape index (κ3) is 5.22. The minimum absolute atomic E-state index is 0.185. The van der Waals surface area contributed by atoms with E-state index in [1.807, 2.05) is 29.2 Å². The van der Waals surface area contributed by atoms with Crippen molar-refractivity contribution in [2.24, 2.45) is 0 Å². The molecule has 2 rings (SSSR count). The average Bonchev–Trinajstić information content (AvgIpc) is 2.78. The van der Waals surface area contributed by atoms with E-state index in [1.165, 1.54) is 0 Å². The van der Waals surface area contributed by atoms with E-state index in [2.05, 4.69) is 4.90 Å². The highest BCUT2D eigenvalue weighted by atomic mass is 16.5. The van der Waals surface area contributed by atoms with Crippen LogP contribution in [0.15, 0.2) is 24.3 Å². The number of hydrogen-bond acceptors (Lipinski definition) is 4. The summed E-state index contributed by atoms with van der Waals surface area (Å²) in [7, 11) is 1.66. The van der Waals surface area contributed by atoms with E-state index < -0.39 is 0 Å². The number of rotatable bonds is 6. The number of nitrogens with zero attached hydrogens (tertiary/aromatic N) is 2. The predicted molar refractivity (Wildman–Crippen MR) is 86.4 cm³/mol. The number of carbonyl (C=O) groups excluding carboxylic acids is 1. The fourth-order valence-corrected chi connectivity index (χ4v) is 2.66. The molecular formula is C17H26N2O3. The number of methoxy groups -OCH3 is 1. The molecule has 0 saturated carbocycles. The molecule has 5 heteroatoms. The van der Waals surface area contributed by atoms with Crippen molar-refractivity contribution in [1.29, 1.82) is 0 Å². The van der Waals surface area contributed by atoms with E-state index in [1.54, 1.807) is 14.0 Å². The van der Waals surface area contributed by atoms with Gasteiger partial charge in [0.2, 0.25) is 5.91 Å². The van der Waals surface area contributed by atoms with Crippen LogP contribution in [-0.4, -0.2) is 62.1 Å². The van der Waals surface area contributed by atoms with Crippen molar-refractivity contribution >= 4 is 5.91 Å². The Hall–Kier alpha value is -1.75. The van der Waals surface area contributed by atoms with Crippen LogP contribution in [0.25, 0.3) is 0 Å². The third-order valence-electron chi connectivity index (χ3n) is 3.98. The Kier molecular flexibility index (Phi) is 6.52. The second kappa shape index (κ2) is 8.63. The summed E-state index contributed by atoms with van der Waals surface area (Å²) in [5.41, 5.74) is 0. The van der Waals surface area contributed by atoms with Gasteiger partial charge in [0.15, 0.2) is 0 Å². The summed E-state index contributed by atoms with van der Waals surface area (Å²) in [6, 6.07) is 7.66. The molecule has 122 valence electrons. The normalized spacial score (nSPS) is 16.2. The zero-order valence-corrected chi connectivity index (χ0v) is 13.6. The lowest BCUT2D eigenvalue weighted by Gasteiger charge is -2.21. The van der Waals surface area contributed by atoms with E-state index in [4.69, 9.17) is 9.47 Å². The van der Waals surface area contributed by atoms with Crippen molar-refractivity contribution in [2.45, 2.75) is 19.8 Å². The molecule has 0 bridgehead atoms. The molecule has 0 atom stereocenters. The van der Waals surface area contributed by atoms with Gasteiger partial charge in [-0.2, -0.15) is 0 Å². The third-order valence-corrected chi connectivity index (χ3v) is 3.98. The molecule has 1 aliphatic heterocycles. The van der Waals surface area contributed by atoms with Crippen molar-refractivity contribution in [3.05, 3.63) is 24.3 Å². The molecule has 1 fully saturated rings. The molecule has 1 saturated heterocycles. The van der Waals surface area contributed by atoms with Crippen molar-refractivity contribution in [2.75, 3.05) is 46.4 Å². The van der Waals surface area contributed by atoms with E-state index >= 15 is 0 Å². The Bertz CT molecular complexity index is 461. The average molecular weight is 306 g/mol. The van der Waals surface area contributed by atoms with Gasteiger partial charge in [-0.25, -0.2) is 0 Å². The van der Waals surface area contributed by atoms with E-state index in [-0.39, 0.29) is 5.91 Å². The summed E-state index contributed by atoms with van der Waals surface area (Å²) >= 11 is 0. The van der Waals surface area contributed by atoms with Crippen molar-refractivity contribution in [1.82, 2.24) is 9.80 Å². The second-order valence-electron chi connectivity index (χ2n) is 5.58. The highest BCUT2D eigenvalue weighted by Crippen LogP contribution is 2.17. The van der Waals surface area contributed by atoms with E-state index in [9.17, 15) is 4.79 Å². The van der Waals surface area contributed by atoms with Gasteiger partial charge in [-0.15, -0.1) is 0 Å². The van der Waals surface area contributed by atoms with Crippen LogP contribution in [0, 0.1) is 0 Å². The van der Waals surface area contributed by atoms with Gasteiger partial charge in [-0.3, -0.25) is 4.79 Å². The summed E-state index contributed by atoms with van der Waals surface area (Å²) in [6.45, 7) is 7.12.